The minimum absolute atomic E-state index is 0.0564. The molecule has 0 saturated heterocycles. The summed E-state index contributed by atoms with van der Waals surface area (Å²) in [5.74, 6) is -0.385. The Balaban J connectivity index is 2.01. The van der Waals surface area contributed by atoms with Gasteiger partial charge in [0.2, 0.25) is 5.88 Å². The fourth-order valence-corrected chi connectivity index (χ4v) is 1.76. The number of pyridine rings is 1. The second kappa shape index (κ2) is 4.93. The highest BCUT2D eigenvalue weighted by Gasteiger charge is 2.08. The number of carboxylic acid groups (broad SMARTS) is 1. The van der Waals surface area contributed by atoms with E-state index < -0.39 is 5.97 Å². The maximum absolute atomic E-state index is 10.9. The van der Waals surface area contributed by atoms with E-state index in [0.717, 1.165) is 10.9 Å². The summed E-state index contributed by atoms with van der Waals surface area (Å²) in [7, 11) is 0. The molecule has 0 aliphatic rings. The Morgan fingerprint density at radius 3 is 2.85 bits per heavy atom. The molecule has 0 fully saturated rings. The summed E-state index contributed by atoms with van der Waals surface area (Å²) in [6, 6.07) is 8.79. The summed E-state index contributed by atoms with van der Waals surface area (Å²) in [6.45, 7) is 0. The molecule has 0 radical (unpaired) electrons. The average molecular weight is 267 g/mol. The molecular weight excluding hydrogens is 258 g/mol. The number of carboxylic acids is 1. The average Bonchev–Trinajstić information content (AvgIpc) is 2.48. The number of nitrogens with zero attached hydrogens (tertiary/aromatic N) is 3. The summed E-state index contributed by atoms with van der Waals surface area (Å²) in [4.78, 5) is 22.9. The number of rotatable bonds is 3. The smallest absolute Gasteiger partial charge is 0.337 e. The van der Waals surface area contributed by atoms with Crippen molar-refractivity contribution in [2.24, 2.45) is 0 Å². The Morgan fingerprint density at radius 2 is 2.00 bits per heavy atom. The van der Waals surface area contributed by atoms with Crippen LogP contribution in [0.2, 0.25) is 0 Å². The Labute approximate surface area is 113 Å². The van der Waals surface area contributed by atoms with Crippen LogP contribution in [0.25, 0.3) is 10.9 Å². The normalized spacial score (nSPS) is 10.4. The number of para-hydroxylation sites is 1. The van der Waals surface area contributed by atoms with Crippen LogP contribution in [0.4, 0.5) is 0 Å². The van der Waals surface area contributed by atoms with Crippen LogP contribution in [0.3, 0.4) is 0 Å². The van der Waals surface area contributed by atoms with Crippen LogP contribution in [-0.4, -0.2) is 26.0 Å². The van der Waals surface area contributed by atoms with E-state index >= 15 is 0 Å². The van der Waals surface area contributed by atoms with E-state index in [1.807, 2.05) is 24.3 Å². The monoisotopic (exact) mass is 267 g/mol. The first-order chi connectivity index (χ1) is 9.74. The molecule has 2 heterocycles. The van der Waals surface area contributed by atoms with Crippen molar-refractivity contribution in [3.8, 4) is 11.6 Å². The predicted octanol–water partition coefficient (Wildman–Crippen LogP) is 2.52. The van der Waals surface area contributed by atoms with Crippen LogP contribution in [0.1, 0.15) is 10.4 Å². The number of fused-ring (bicyclic) bond motifs is 1. The zero-order chi connectivity index (χ0) is 13.9. The fraction of sp³-hybridized carbons (Fsp3) is 0. The molecule has 6 nitrogen and oxygen atoms in total. The van der Waals surface area contributed by atoms with Crippen molar-refractivity contribution in [3.63, 3.8) is 0 Å². The molecule has 6 heteroatoms. The van der Waals surface area contributed by atoms with Gasteiger partial charge in [0.05, 0.1) is 22.7 Å². The zero-order valence-electron chi connectivity index (χ0n) is 10.2. The summed E-state index contributed by atoms with van der Waals surface area (Å²) < 4.78 is 5.61. The first-order valence-electron chi connectivity index (χ1n) is 5.80. The third-order valence-electron chi connectivity index (χ3n) is 2.68. The van der Waals surface area contributed by atoms with Gasteiger partial charge in [-0.25, -0.2) is 14.8 Å². The first-order valence-corrected chi connectivity index (χ1v) is 5.80. The van der Waals surface area contributed by atoms with Crippen molar-refractivity contribution in [2.75, 3.05) is 0 Å². The molecule has 1 aromatic carbocycles. The molecule has 20 heavy (non-hydrogen) atoms. The molecule has 98 valence electrons. The number of hydrogen-bond acceptors (Lipinski definition) is 5. The van der Waals surface area contributed by atoms with Crippen molar-refractivity contribution in [2.45, 2.75) is 0 Å². The van der Waals surface area contributed by atoms with Crippen molar-refractivity contribution in [1.29, 1.82) is 0 Å². The lowest BCUT2D eigenvalue weighted by molar-refractivity contribution is 0.0696. The molecule has 0 saturated carbocycles. The molecule has 0 atom stereocenters. The third kappa shape index (κ3) is 2.26. The molecule has 0 unspecified atom stereocenters. The highest BCUT2D eigenvalue weighted by molar-refractivity contribution is 5.87. The van der Waals surface area contributed by atoms with Gasteiger partial charge in [-0.15, -0.1) is 0 Å². The molecule has 3 aromatic rings. The van der Waals surface area contributed by atoms with E-state index in [9.17, 15) is 4.79 Å². The van der Waals surface area contributed by atoms with Crippen molar-refractivity contribution >= 4 is 16.9 Å². The van der Waals surface area contributed by atoms with Crippen molar-refractivity contribution in [1.82, 2.24) is 15.0 Å². The number of carbonyl (C=O) groups is 1. The quantitative estimate of drug-likeness (QED) is 0.784. The molecule has 0 aliphatic heterocycles. The molecule has 0 aliphatic carbocycles. The lowest BCUT2D eigenvalue weighted by Crippen LogP contribution is -1.98. The Bertz CT molecular complexity index is 784. The standard InChI is InChI=1S/C14H9N3O3/c18-14(19)9-5-10(7-15-6-9)20-13-11-3-1-2-4-12(11)16-8-17-13/h1-8H,(H,18,19). The number of benzene rings is 1. The molecule has 0 spiro atoms. The number of hydrogen-bond donors (Lipinski definition) is 1. The van der Waals surface area contributed by atoms with Crippen LogP contribution < -0.4 is 4.74 Å². The van der Waals surface area contributed by atoms with E-state index in [1.54, 1.807) is 0 Å². The molecular formula is C14H9N3O3. The highest BCUT2D eigenvalue weighted by atomic mass is 16.5. The lowest BCUT2D eigenvalue weighted by Gasteiger charge is -2.07. The fourth-order valence-electron chi connectivity index (χ4n) is 1.76. The minimum atomic E-state index is -1.06. The van der Waals surface area contributed by atoms with Crippen molar-refractivity contribution < 1.29 is 14.6 Å². The van der Waals surface area contributed by atoms with Gasteiger partial charge in [-0.3, -0.25) is 4.98 Å². The maximum Gasteiger partial charge on any atom is 0.337 e. The zero-order valence-corrected chi connectivity index (χ0v) is 10.2. The second-order valence-corrected chi connectivity index (χ2v) is 4.01. The van der Waals surface area contributed by atoms with Crippen LogP contribution in [-0.2, 0) is 0 Å². The largest absolute Gasteiger partial charge is 0.478 e. The molecule has 0 amide bonds. The summed E-state index contributed by atoms with van der Waals surface area (Å²) in [5, 5.41) is 9.67. The lowest BCUT2D eigenvalue weighted by atomic mass is 10.2. The van der Waals surface area contributed by atoms with E-state index in [2.05, 4.69) is 15.0 Å². The molecule has 3 rings (SSSR count). The van der Waals surface area contributed by atoms with Gasteiger partial charge in [-0.05, 0) is 18.2 Å². The SMILES string of the molecule is O=C(O)c1cncc(Oc2ncnc3ccccc23)c1. The van der Waals surface area contributed by atoms with Gasteiger partial charge in [0.15, 0.2) is 0 Å². The number of aromatic nitrogens is 3. The Hall–Kier alpha value is -3.02. The minimum Gasteiger partial charge on any atom is -0.478 e. The summed E-state index contributed by atoms with van der Waals surface area (Å²) in [5.41, 5.74) is 0.806. The topological polar surface area (TPSA) is 85.2 Å². The number of ether oxygens (including phenoxy) is 1. The molecule has 0 bridgehead atoms. The molecule has 2 aromatic heterocycles. The van der Waals surface area contributed by atoms with Gasteiger partial charge in [0.25, 0.3) is 0 Å². The number of aromatic carboxylic acids is 1. The van der Waals surface area contributed by atoms with E-state index in [1.165, 1.54) is 24.8 Å². The van der Waals surface area contributed by atoms with Gasteiger partial charge in [-0.1, -0.05) is 12.1 Å². The Morgan fingerprint density at radius 1 is 1.15 bits per heavy atom. The third-order valence-corrected chi connectivity index (χ3v) is 2.68. The van der Waals surface area contributed by atoms with Gasteiger partial charge in [-0.2, -0.15) is 0 Å². The van der Waals surface area contributed by atoms with Gasteiger partial charge in [0, 0.05) is 6.20 Å². The van der Waals surface area contributed by atoms with Crippen LogP contribution in [0.5, 0.6) is 11.6 Å². The van der Waals surface area contributed by atoms with Crippen LogP contribution in [0.15, 0.2) is 49.1 Å². The van der Waals surface area contributed by atoms with Crippen molar-refractivity contribution in [3.05, 3.63) is 54.6 Å². The van der Waals surface area contributed by atoms with E-state index in [-0.39, 0.29) is 5.56 Å². The predicted molar refractivity (Wildman–Crippen MR) is 70.8 cm³/mol. The van der Waals surface area contributed by atoms with Gasteiger partial charge in [0.1, 0.15) is 12.1 Å². The maximum atomic E-state index is 10.9. The first kappa shape index (κ1) is 12.0. The summed E-state index contributed by atoms with van der Waals surface area (Å²) in [6.07, 6.45) is 4.09. The van der Waals surface area contributed by atoms with Crippen LogP contribution in [0, 0.1) is 0 Å². The Kier molecular flexibility index (Phi) is 2.96. The summed E-state index contributed by atoms with van der Waals surface area (Å²) >= 11 is 0. The molecule has 1 N–H and O–H groups in total. The second-order valence-electron chi connectivity index (χ2n) is 4.01. The van der Waals surface area contributed by atoms with Gasteiger partial charge >= 0.3 is 5.97 Å². The van der Waals surface area contributed by atoms with E-state index in [0.29, 0.717) is 11.6 Å². The van der Waals surface area contributed by atoms with E-state index in [4.69, 9.17) is 9.84 Å². The van der Waals surface area contributed by atoms with Gasteiger partial charge < -0.3 is 9.84 Å². The highest BCUT2D eigenvalue weighted by Crippen LogP contribution is 2.26. The van der Waals surface area contributed by atoms with Crippen LogP contribution >= 0.6 is 0 Å².